The molecule has 2 aromatic carbocycles. The average molecular weight is 367 g/mol. The number of nitrogens with one attached hydrogen (secondary N) is 1. The van der Waals surface area contributed by atoms with Gasteiger partial charge in [-0.05, 0) is 30.2 Å². The molecule has 1 N–H and O–H groups in total. The van der Waals surface area contributed by atoms with Crippen LogP contribution < -0.4 is 10.1 Å². The summed E-state index contributed by atoms with van der Waals surface area (Å²) in [6.45, 7) is 7.96. The summed E-state index contributed by atoms with van der Waals surface area (Å²) in [6, 6.07) is 16.5. The fourth-order valence-electron chi connectivity index (χ4n) is 3.42. The molecule has 5 heteroatoms. The van der Waals surface area contributed by atoms with Crippen molar-refractivity contribution in [2.45, 2.75) is 20.0 Å². The van der Waals surface area contributed by atoms with Gasteiger partial charge >= 0.3 is 0 Å². The molecule has 0 unspecified atom stereocenters. The molecule has 3 rings (SSSR count). The van der Waals surface area contributed by atoms with Crippen molar-refractivity contribution in [2.75, 3.05) is 39.8 Å². The van der Waals surface area contributed by atoms with Gasteiger partial charge in [-0.2, -0.15) is 0 Å². The maximum atomic E-state index is 12.3. The molecule has 27 heavy (non-hydrogen) atoms. The first-order chi connectivity index (χ1) is 13.1. The van der Waals surface area contributed by atoms with Crippen LogP contribution in [0.1, 0.15) is 16.7 Å². The number of aryl methyl sites for hydroxylation is 1. The number of carbonyl (C=O) groups is 1. The maximum absolute atomic E-state index is 12.3. The summed E-state index contributed by atoms with van der Waals surface area (Å²) in [5, 5.41) is 3.01. The van der Waals surface area contributed by atoms with Crippen molar-refractivity contribution < 1.29 is 9.53 Å². The van der Waals surface area contributed by atoms with E-state index in [0.29, 0.717) is 13.1 Å². The lowest BCUT2D eigenvalue weighted by molar-refractivity contribution is -0.122. The molecule has 5 nitrogen and oxygen atoms in total. The zero-order chi connectivity index (χ0) is 19.1. The Bertz CT molecular complexity index is 755. The number of methoxy groups -OCH3 is 1. The molecule has 0 radical (unpaired) electrons. The van der Waals surface area contributed by atoms with Gasteiger partial charge in [0.25, 0.3) is 0 Å². The van der Waals surface area contributed by atoms with Crippen molar-refractivity contribution in [3.8, 4) is 5.75 Å². The van der Waals surface area contributed by atoms with Gasteiger partial charge in [-0.15, -0.1) is 0 Å². The third-order valence-electron chi connectivity index (χ3n) is 4.94. The highest BCUT2D eigenvalue weighted by molar-refractivity contribution is 5.78. The van der Waals surface area contributed by atoms with Crippen LogP contribution in [-0.4, -0.2) is 55.5 Å². The van der Waals surface area contributed by atoms with Gasteiger partial charge in [-0.25, -0.2) is 0 Å². The van der Waals surface area contributed by atoms with Crippen molar-refractivity contribution in [1.29, 1.82) is 0 Å². The van der Waals surface area contributed by atoms with Gasteiger partial charge in [0.05, 0.1) is 13.7 Å². The molecule has 0 bridgehead atoms. The van der Waals surface area contributed by atoms with Gasteiger partial charge in [-0.1, -0.05) is 42.0 Å². The van der Waals surface area contributed by atoms with Crippen molar-refractivity contribution in [1.82, 2.24) is 15.1 Å². The van der Waals surface area contributed by atoms with E-state index in [1.807, 2.05) is 24.3 Å². The number of nitrogens with zero attached hydrogens (tertiary/aromatic N) is 2. The number of ether oxygens (including phenoxy) is 1. The summed E-state index contributed by atoms with van der Waals surface area (Å²) in [5.74, 6) is 0.886. The fraction of sp³-hybridized carbons (Fsp3) is 0.409. The molecule has 1 aliphatic rings. The fourth-order valence-corrected chi connectivity index (χ4v) is 3.42. The predicted octanol–water partition coefficient (Wildman–Crippen LogP) is 2.44. The van der Waals surface area contributed by atoms with Crippen LogP contribution in [0.25, 0.3) is 0 Å². The quantitative estimate of drug-likeness (QED) is 0.816. The third-order valence-corrected chi connectivity index (χ3v) is 4.94. The van der Waals surface area contributed by atoms with Gasteiger partial charge in [0.2, 0.25) is 5.91 Å². The summed E-state index contributed by atoms with van der Waals surface area (Å²) in [5.41, 5.74) is 3.71. The summed E-state index contributed by atoms with van der Waals surface area (Å²) >= 11 is 0. The first-order valence-electron chi connectivity index (χ1n) is 9.52. The molecular weight excluding hydrogens is 338 g/mol. The Morgan fingerprint density at radius 1 is 1.00 bits per heavy atom. The topological polar surface area (TPSA) is 44.8 Å². The molecule has 1 amide bonds. The Morgan fingerprint density at radius 3 is 2.44 bits per heavy atom. The summed E-state index contributed by atoms with van der Waals surface area (Å²) in [6.07, 6.45) is 0. The van der Waals surface area contributed by atoms with Crippen LogP contribution in [0.2, 0.25) is 0 Å². The normalized spacial score (nSPS) is 15.5. The molecule has 0 aliphatic carbocycles. The Hall–Kier alpha value is -2.37. The van der Waals surface area contributed by atoms with Crippen molar-refractivity contribution >= 4 is 5.91 Å². The van der Waals surface area contributed by atoms with E-state index in [4.69, 9.17) is 4.74 Å². The number of benzene rings is 2. The van der Waals surface area contributed by atoms with E-state index in [0.717, 1.165) is 44.0 Å². The molecule has 1 saturated heterocycles. The SMILES string of the molecule is COc1cccc(CNC(=O)CN2CCN(Cc3cccc(C)c3)CC2)c1. The Kier molecular flexibility index (Phi) is 6.85. The largest absolute Gasteiger partial charge is 0.497 e. The van der Waals surface area contributed by atoms with Gasteiger partial charge < -0.3 is 10.1 Å². The standard InChI is InChI=1S/C22H29N3O2/c1-18-5-3-7-20(13-18)16-24-9-11-25(12-10-24)17-22(26)23-15-19-6-4-8-21(14-19)27-2/h3-8,13-14H,9-12,15-17H2,1-2H3,(H,23,26). The minimum atomic E-state index is 0.0740. The predicted molar refractivity (Wildman–Crippen MR) is 108 cm³/mol. The lowest BCUT2D eigenvalue weighted by atomic mass is 10.1. The number of piperazine rings is 1. The van der Waals surface area contributed by atoms with Crippen molar-refractivity contribution in [2.24, 2.45) is 0 Å². The summed E-state index contributed by atoms with van der Waals surface area (Å²) in [7, 11) is 1.65. The number of carbonyl (C=O) groups excluding carboxylic acids is 1. The summed E-state index contributed by atoms with van der Waals surface area (Å²) < 4.78 is 5.22. The number of amides is 1. The highest BCUT2D eigenvalue weighted by Crippen LogP contribution is 2.12. The van der Waals surface area contributed by atoms with Gasteiger partial charge in [0.1, 0.15) is 5.75 Å². The van der Waals surface area contributed by atoms with Crippen molar-refractivity contribution in [3.63, 3.8) is 0 Å². The van der Waals surface area contributed by atoms with Crippen LogP contribution in [0.15, 0.2) is 48.5 Å². The van der Waals surface area contributed by atoms with E-state index in [2.05, 4.69) is 46.3 Å². The molecular formula is C22H29N3O2. The lowest BCUT2D eigenvalue weighted by Gasteiger charge is -2.34. The van der Waals surface area contributed by atoms with E-state index in [9.17, 15) is 4.79 Å². The highest BCUT2D eigenvalue weighted by Gasteiger charge is 2.19. The number of hydrogen-bond acceptors (Lipinski definition) is 4. The molecule has 1 fully saturated rings. The van der Waals surface area contributed by atoms with Gasteiger partial charge in [0.15, 0.2) is 0 Å². The second-order valence-corrected chi connectivity index (χ2v) is 7.17. The van der Waals surface area contributed by atoms with E-state index in [1.165, 1.54) is 11.1 Å². The lowest BCUT2D eigenvalue weighted by Crippen LogP contribution is -2.49. The van der Waals surface area contributed by atoms with E-state index in [1.54, 1.807) is 7.11 Å². The first kappa shape index (κ1) is 19.4. The maximum Gasteiger partial charge on any atom is 0.234 e. The average Bonchev–Trinajstić information content (AvgIpc) is 2.68. The molecule has 1 aliphatic heterocycles. The van der Waals surface area contributed by atoms with Crippen LogP contribution in [0.5, 0.6) is 5.75 Å². The van der Waals surface area contributed by atoms with E-state index < -0.39 is 0 Å². The van der Waals surface area contributed by atoms with E-state index in [-0.39, 0.29) is 5.91 Å². The zero-order valence-corrected chi connectivity index (χ0v) is 16.3. The number of hydrogen-bond donors (Lipinski definition) is 1. The van der Waals surface area contributed by atoms with Gasteiger partial charge in [0, 0.05) is 39.3 Å². The number of rotatable bonds is 7. The Balaban J connectivity index is 1.38. The van der Waals surface area contributed by atoms with Crippen LogP contribution in [-0.2, 0) is 17.9 Å². The molecule has 1 heterocycles. The zero-order valence-electron chi connectivity index (χ0n) is 16.3. The smallest absolute Gasteiger partial charge is 0.234 e. The molecule has 0 saturated carbocycles. The minimum absolute atomic E-state index is 0.0740. The van der Waals surface area contributed by atoms with Crippen LogP contribution in [0, 0.1) is 6.92 Å². The van der Waals surface area contributed by atoms with Crippen LogP contribution in [0.4, 0.5) is 0 Å². The molecule has 2 aromatic rings. The Labute approximate surface area is 161 Å². The third kappa shape index (κ3) is 6.08. The molecule has 0 aromatic heterocycles. The van der Waals surface area contributed by atoms with Crippen LogP contribution >= 0.6 is 0 Å². The Morgan fingerprint density at radius 2 is 1.70 bits per heavy atom. The molecule has 144 valence electrons. The molecule has 0 atom stereocenters. The van der Waals surface area contributed by atoms with Crippen molar-refractivity contribution in [3.05, 3.63) is 65.2 Å². The minimum Gasteiger partial charge on any atom is -0.497 e. The molecule has 0 spiro atoms. The highest BCUT2D eigenvalue weighted by atomic mass is 16.5. The van der Waals surface area contributed by atoms with Gasteiger partial charge in [-0.3, -0.25) is 14.6 Å². The second kappa shape index (κ2) is 9.53. The second-order valence-electron chi connectivity index (χ2n) is 7.17. The summed E-state index contributed by atoms with van der Waals surface area (Å²) in [4.78, 5) is 16.9. The van der Waals surface area contributed by atoms with Crippen LogP contribution in [0.3, 0.4) is 0 Å². The monoisotopic (exact) mass is 367 g/mol. The van der Waals surface area contributed by atoms with E-state index >= 15 is 0 Å². The first-order valence-corrected chi connectivity index (χ1v) is 9.52.